The molecule has 0 radical (unpaired) electrons. The van der Waals surface area contributed by atoms with Crippen LogP contribution in [0.2, 0.25) is 5.02 Å². The van der Waals surface area contributed by atoms with Gasteiger partial charge in [-0.15, -0.1) is 0 Å². The van der Waals surface area contributed by atoms with Gasteiger partial charge in [-0.3, -0.25) is 0 Å². The van der Waals surface area contributed by atoms with Gasteiger partial charge in [0.25, 0.3) is 0 Å². The molecule has 80 valence electrons. The van der Waals surface area contributed by atoms with Crippen molar-refractivity contribution in [2.75, 3.05) is 25.1 Å². The second kappa shape index (κ2) is 6.28. The maximum atomic E-state index is 8.87. The van der Waals surface area contributed by atoms with E-state index in [9.17, 15) is 0 Å². The Kier molecular flexibility index (Phi) is 4.96. The molecular weight excluding hydrogens is 212 g/mol. The highest BCUT2D eigenvalue weighted by Gasteiger charge is 2.04. The number of nitriles is 1. The number of nitrogens with zero attached hydrogens (tertiary/aromatic N) is 1. The summed E-state index contributed by atoms with van der Waals surface area (Å²) in [4.78, 5) is 0. The van der Waals surface area contributed by atoms with Crippen molar-refractivity contribution in [2.45, 2.75) is 6.92 Å². The average Bonchev–Trinajstić information content (AvgIpc) is 2.26. The van der Waals surface area contributed by atoms with Crippen molar-refractivity contribution >= 4 is 17.3 Å². The predicted molar refractivity (Wildman–Crippen MR) is 61.1 cm³/mol. The Morgan fingerprint density at radius 3 is 3.00 bits per heavy atom. The number of hydrogen-bond acceptors (Lipinski definition) is 3. The number of halogens is 1. The van der Waals surface area contributed by atoms with Gasteiger partial charge in [-0.1, -0.05) is 17.7 Å². The number of hydrogen-bond donors (Lipinski definition) is 1. The zero-order valence-electron chi connectivity index (χ0n) is 8.59. The molecular formula is C11H13ClN2O. The highest BCUT2D eigenvalue weighted by atomic mass is 35.5. The van der Waals surface area contributed by atoms with E-state index in [0.29, 0.717) is 36.0 Å². The molecule has 0 aliphatic heterocycles. The van der Waals surface area contributed by atoms with Crippen LogP contribution in [-0.2, 0) is 4.74 Å². The van der Waals surface area contributed by atoms with Crippen LogP contribution in [0.4, 0.5) is 5.69 Å². The van der Waals surface area contributed by atoms with Gasteiger partial charge < -0.3 is 10.1 Å². The van der Waals surface area contributed by atoms with E-state index < -0.39 is 0 Å². The molecule has 3 nitrogen and oxygen atoms in total. The van der Waals surface area contributed by atoms with Crippen LogP contribution in [-0.4, -0.2) is 19.8 Å². The van der Waals surface area contributed by atoms with E-state index in [1.54, 1.807) is 18.2 Å². The molecule has 1 aromatic carbocycles. The number of nitrogens with one attached hydrogen (secondary N) is 1. The van der Waals surface area contributed by atoms with E-state index >= 15 is 0 Å². The zero-order chi connectivity index (χ0) is 11.1. The third-order valence-corrected chi connectivity index (χ3v) is 2.20. The summed E-state index contributed by atoms with van der Waals surface area (Å²) in [5, 5.41) is 12.5. The smallest absolute Gasteiger partial charge is 0.101 e. The summed E-state index contributed by atoms with van der Waals surface area (Å²) >= 11 is 5.97. The van der Waals surface area contributed by atoms with Crippen LogP contribution in [0.3, 0.4) is 0 Å². The summed E-state index contributed by atoms with van der Waals surface area (Å²) in [6.07, 6.45) is 0. The van der Waals surface area contributed by atoms with Crippen LogP contribution < -0.4 is 5.32 Å². The maximum absolute atomic E-state index is 8.87. The first kappa shape index (κ1) is 11.8. The van der Waals surface area contributed by atoms with Crippen molar-refractivity contribution in [3.05, 3.63) is 28.8 Å². The van der Waals surface area contributed by atoms with Gasteiger partial charge in [0.05, 0.1) is 22.9 Å². The van der Waals surface area contributed by atoms with Gasteiger partial charge in [-0.25, -0.2) is 0 Å². The molecule has 0 aromatic heterocycles. The fourth-order valence-corrected chi connectivity index (χ4v) is 1.43. The topological polar surface area (TPSA) is 45.0 Å². The molecule has 0 atom stereocenters. The molecule has 0 spiro atoms. The number of para-hydroxylation sites is 1. The summed E-state index contributed by atoms with van der Waals surface area (Å²) < 4.78 is 5.18. The number of ether oxygens (including phenoxy) is 1. The third-order valence-electron chi connectivity index (χ3n) is 1.89. The Bertz CT molecular complexity index is 360. The largest absolute Gasteiger partial charge is 0.380 e. The van der Waals surface area contributed by atoms with Crippen molar-refractivity contribution in [1.29, 1.82) is 5.26 Å². The molecule has 0 aliphatic rings. The highest BCUT2D eigenvalue weighted by Crippen LogP contribution is 2.24. The molecule has 0 unspecified atom stereocenters. The summed E-state index contributed by atoms with van der Waals surface area (Å²) in [5.41, 5.74) is 1.24. The molecule has 0 saturated heterocycles. The minimum absolute atomic E-state index is 0.555. The lowest BCUT2D eigenvalue weighted by Gasteiger charge is -2.09. The van der Waals surface area contributed by atoms with E-state index in [-0.39, 0.29) is 0 Å². The average molecular weight is 225 g/mol. The van der Waals surface area contributed by atoms with Crippen molar-refractivity contribution in [3.63, 3.8) is 0 Å². The molecule has 0 saturated carbocycles. The first-order valence-corrected chi connectivity index (χ1v) is 5.17. The Morgan fingerprint density at radius 1 is 1.53 bits per heavy atom. The van der Waals surface area contributed by atoms with E-state index in [2.05, 4.69) is 11.4 Å². The number of benzene rings is 1. The molecule has 0 heterocycles. The second-order valence-electron chi connectivity index (χ2n) is 2.90. The molecule has 1 N–H and O–H groups in total. The molecule has 15 heavy (non-hydrogen) atoms. The zero-order valence-corrected chi connectivity index (χ0v) is 9.34. The number of anilines is 1. The van der Waals surface area contributed by atoms with Crippen LogP contribution in [0.5, 0.6) is 0 Å². The van der Waals surface area contributed by atoms with Gasteiger partial charge in [0.1, 0.15) is 6.07 Å². The second-order valence-corrected chi connectivity index (χ2v) is 3.31. The van der Waals surface area contributed by atoms with Crippen LogP contribution in [0.1, 0.15) is 12.5 Å². The van der Waals surface area contributed by atoms with Crippen molar-refractivity contribution < 1.29 is 4.74 Å². The Balaban J connectivity index is 2.63. The lowest BCUT2D eigenvalue weighted by atomic mass is 10.2. The number of rotatable bonds is 5. The lowest BCUT2D eigenvalue weighted by Crippen LogP contribution is -2.10. The Hall–Kier alpha value is -1.24. The molecule has 1 aromatic rings. The lowest BCUT2D eigenvalue weighted by molar-refractivity contribution is 0.158. The van der Waals surface area contributed by atoms with E-state index in [0.717, 1.165) is 0 Å². The van der Waals surface area contributed by atoms with Crippen molar-refractivity contribution in [2.24, 2.45) is 0 Å². The maximum Gasteiger partial charge on any atom is 0.101 e. The van der Waals surface area contributed by atoms with Crippen molar-refractivity contribution in [1.82, 2.24) is 0 Å². The third kappa shape index (κ3) is 3.43. The van der Waals surface area contributed by atoms with Gasteiger partial charge in [-0.2, -0.15) is 5.26 Å². The fraction of sp³-hybridized carbons (Fsp3) is 0.364. The first-order valence-electron chi connectivity index (χ1n) is 4.79. The van der Waals surface area contributed by atoms with Crippen molar-refractivity contribution in [3.8, 4) is 6.07 Å². The SMILES string of the molecule is CCOCCNc1c(Cl)cccc1C#N. The quantitative estimate of drug-likeness (QED) is 0.783. The summed E-state index contributed by atoms with van der Waals surface area (Å²) in [7, 11) is 0. The monoisotopic (exact) mass is 224 g/mol. The van der Waals surface area contributed by atoms with E-state index in [1.165, 1.54) is 0 Å². The van der Waals surface area contributed by atoms with Gasteiger partial charge in [0.2, 0.25) is 0 Å². The standard InChI is InChI=1S/C11H13ClN2O/c1-2-15-7-6-14-11-9(8-13)4-3-5-10(11)12/h3-5,14H,2,6-7H2,1H3. The fourth-order valence-electron chi connectivity index (χ4n) is 1.19. The molecule has 1 rings (SSSR count). The molecule has 0 fully saturated rings. The predicted octanol–water partition coefficient (Wildman–Crippen LogP) is 2.66. The van der Waals surface area contributed by atoms with Gasteiger partial charge in [0.15, 0.2) is 0 Å². The van der Waals surface area contributed by atoms with E-state index in [1.807, 2.05) is 6.92 Å². The normalized spacial score (nSPS) is 9.67. The molecule has 4 heteroatoms. The minimum atomic E-state index is 0.555. The Morgan fingerprint density at radius 2 is 2.33 bits per heavy atom. The molecule has 0 amide bonds. The van der Waals surface area contributed by atoms with Crippen LogP contribution >= 0.6 is 11.6 Å². The summed E-state index contributed by atoms with van der Waals surface area (Å²) in [6, 6.07) is 7.33. The first-order chi connectivity index (χ1) is 7.29. The van der Waals surface area contributed by atoms with Gasteiger partial charge in [0, 0.05) is 13.2 Å². The molecule has 0 bridgehead atoms. The van der Waals surface area contributed by atoms with Crippen LogP contribution in [0.15, 0.2) is 18.2 Å². The van der Waals surface area contributed by atoms with Crippen LogP contribution in [0, 0.1) is 11.3 Å². The summed E-state index contributed by atoms with van der Waals surface area (Å²) in [5.74, 6) is 0. The van der Waals surface area contributed by atoms with Gasteiger partial charge >= 0.3 is 0 Å². The molecule has 0 aliphatic carbocycles. The minimum Gasteiger partial charge on any atom is -0.380 e. The highest BCUT2D eigenvalue weighted by molar-refractivity contribution is 6.33. The van der Waals surface area contributed by atoms with Gasteiger partial charge in [-0.05, 0) is 19.1 Å². The Labute approximate surface area is 94.6 Å². The summed E-state index contributed by atoms with van der Waals surface area (Å²) in [6.45, 7) is 3.88. The van der Waals surface area contributed by atoms with E-state index in [4.69, 9.17) is 21.6 Å². The van der Waals surface area contributed by atoms with Crippen LogP contribution in [0.25, 0.3) is 0 Å².